The minimum atomic E-state index is -4.18. The Morgan fingerprint density at radius 3 is 2.00 bits per heavy atom. The fourth-order valence-corrected chi connectivity index (χ4v) is 7.08. The summed E-state index contributed by atoms with van der Waals surface area (Å²) in [6.45, 7) is 3.80. The summed E-state index contributed by atoms with van der Waals surface area (Å²) < 4.78 is 29.5. The van der Waals surface area contributed by atoms with Gasteiger partial charge in [-0.15, -0.1) is 0 Å². The zero-order chi connectivity index (χ0) is 32.3. The molecule has 5 aromatic carbocycles. The summed E-state index contributed by atoms with van der Waals surface area (Å²) in [5.74, 6) is -0.671. The third kappa shape index (κ3) is 6.41. The molecule has 0 atom stereocenters. The first kappa shape index (κ1) is 30.7. The number of fused-ring (bicyclic) bond motifs is 2. The Kier molecular flexibility index (Phi) is 8.43. The molecule has 0 fully saturated rings. The van der Waals surface area contributed by atoms with Crippen molar-refractivity contribution in [2.45, 2.75) is 31.7 Å². The maximum absolute atomic E-state index is 13.9. The Bertz CT molecular complexity index is 2050. The highest BCUT2D eigenvalue weighted by atomic mass is 32.2. The van der Waals surface area contributed by atoms with Crippen molar-refractivity contribution in [3.63, 3.8) is 0 Å². The minimum Gasteiger partial charge on any atom is -0.303 e. The molecule has 0 bridgehead atoms. The van der Waals surface area contributed by atoms with E-state index in [0.29, 0.717) is 29.7 Å². The van der Waals surface area contributed by atoms with E-state index in [1.165, 1.54) is 6.07 Å². The Labute approximate surface area is 270 Å². The summed E-state index contributed by atoms with van der Waals surface area (Å²) in [5.41, 5.74) is 5.25. The summed E-state index contributed by atoms with van der Waals surface area (Å²) in [5, 5.41) is 0. The number of carbonyl (C=O) groups is 2. The molecule has 1 N–H and O–H groups in total. The van der Waals surface area contributed by atoms with E-state index in [0.717, 1.165) is 27.9 Å². The zero-order valence-corrected chi connectivity index (χ0v) is 26.5. The highest BCUT2D eigenvalue weighted by Gasteiger charge is 2.32. The quantitative estimate of drug-likeness (QED) is 0.191. The van der Waals surface area contributed by atoms with Crippen LogP contribution in [0, 0.1) is 5.41 Å². The SMILES string of the molecule is CC(C)(Cc1ccccc1)C(=O)NS(=O)(=O)c1ccccc1-c1ccc(CN2C(=O)c3ccccc3/C=C\c3ccccc32)cc1. The lowest BCUT2D eigenvalue weighted by molar-refractivity contribution is -0.127. The van der Waals surface area contributed by atoms with E-state index in [2.05, 4.69) is 4.72 Å². The van der Waals surface area contributed by atoms with Crippen LogP contribution in [0.3, 0.4) is 0 Å². The van der Waals surface area contributed by atoms with E-state index in [4.69, 9.17) is 0 Å². The third-order valence-corrected chi connectivity index (χ3v) is 9.61. The van der Waals surface area contributed by atoms with E-state index in [1.807, 2.05) is 115 Å². The van der Waals surface area contributed by atoms with Gasteiger partial charge in [-0.3, -0.25) is 9.59 Å². The smallest absolute Gasteiger partial charge is 0.264 e. The molecule has 1 aliphatic heterocycles. The lowest BCUT2D eigenvalue weighted by atomic mass is 9.85. The number of nitrogens with zero attached hydrogens (tertiary/aromatic N) is 1. The topological polar surface area (TPSA) is 83.6 Å². The Hall–Kier alpha value is -5.27. The molecule has 230 valence electrons. The van der Waals surface area contributed by atoms with Gasteiger partial charge < -0.3 is 4.90 Å². The van der Waals surface area contributed by atoms with Crippen LogP contribution in [0.5, 0.6) is 0 Å². The molecule has 0 aromatic heterocycles. The lowest BCUT2D eigenvalue weighted by Gasteiger charge is -2.27. The molecule has 0 saturated heterocycles. The summed E-state index contributed by atoms with van der Waals surface area (Å²) >= 11 is 0. The highest BCUT2D eigenvalue weighted by molar-refractivity contribution is 7.90. The molecular weight excluding hydrogens is 593 g/mol. The second-order valence-electron chi connectivity index (χ2n) is 12.0. The highest BCUT2D eigenvalue weighted by Crippen LogP contribution is 2.32. The van der Waals surface area contributed by atoms with Gasteiger partial charge in [-0.25, -0.2) is 13.1 Å². The van der Waals surface area contributed by atoms with Crippen LogP contribution in [0.2, 0.25) is 0 Å². The van der Waals surface area contributed by atoms with Crippen LogP contribution in [0.15, 0.2) is 132 Å². The maximum atomic E-state index is 13.9. The van der Waals surface area contributed by atoms with Gasteiger partial charge in [0.1, 0.15) is 0 Å². The van der Waals surface area contributed by atoms with Gasteiger partial charge in [0.2, 0.25) is 5.91 Å². The van der Waals surface area contributed by atoms with Gasteiger partial charge >= 0.3 is 0 Å². The van der Waals surface area contributed by atoms with E-state index in [1.54, 1.807) is 36.9 Å². The number of hydrogen-bond donors (Lipinski definition) is 1. The molecule has 0 radical (unpaired) electrons. The number of hydrogen-bond acceptors (Lipinski definition) is 4. The molecule has 5 aromatic rings. The molecule has 0 aliphatic carbocycles. The van der Waals surface area contributed by atoms with Gasteiger partial charge in [0.25, 0.3) is 15.9 Å². The van der Waals surface area contributed by atoms with Crippen molar-refractivity contribution in [3.05, 3.63) is 155 Å². The van der Waals surface area contributed by atoms with Crippen LogP contribution in [0.1, 0.15) is 46.5 Å². The second kappa shape index (κ2) is 12.6. The molecule has 2 amide bonds. The number of amides is 2. The van der Waals surface area contributed by atoms with Crippen molar-refractivity contribution in [2.75, 3.05) is 4.90 Å². The first-order valence-electron chi connectivity index (χ1n) is 15.1. The van der Waals surface area contributed by atoms with E-state index >= 15 is 0 Å². The summed E-state index contributed by atoms with van der Waals surface area (Å²) in [7, 11) is -4.18. The van der Waals surface area contributed by atoms with Crippen LogP contribution < -0.4 is 9.62 Å². The number of rotatable bonds is 8. The molecule has 1 heterocycles. The first-order chi connectivity index (χ1) is 22.1. The van der Waals surface area contributed by atoms with Crippen molar-refractivity contribution >= 4 is 39.7 Å². The molecular formula is C39H34N2O4S. The van der Waals surface area contributed by atoms with Crippen LogP contribution in [-0.4, -0.2) is 20.2 Å². The third-order valence-electron chi connectivity index (χ3n) is 8.22. The standard InChI is InChI=1S/C39H34N2O4S/c1-39(2,26-28-12-4-3-5-13-28)38(43)40-46(44,45)36-19-11-9-16-33(36)31-22-20-29(21-23-31)27-41-35-18-10-7-15-32(35)25-24-30-14-6-8-17-34(30)37(41)42/h3-25H,26-27H2,1-2H3,(H,40,43)/b25-24-. The minimum absolute atomic E-state index is 0.0166. The summed E-state index contributed by atoms with van der Waals surface area (Å²) in [6, 6.07) is 39.0. The molecule has 46 heavy (non-hydrogen) atoms. The van der Waals surface area contributed by atoms with Crippen LogP contribution >= 0.6 is 0 Å². The second-order valence-corrected chi connectivity index (χ2v) is 13.7. The monoisotopic (exact) mass is 626 g/mol. The number of sulfonamides is 1. The van der Waals surface area contributed by atoms with Crippen LogP contribution in [0.25, 0.3) is 23.3 Å². The number of carbonyl (C=O) groups excluding carboxylic acids is 2. The molecule has 7 heteroatoms. The normalized spacial score (nSPS) is 13.6. The van der Waals surface area contributed by atoms with E-state index in [-0.39, 0.29) is 10.8 Å². The van der Waals surface area contributed by atoms with E-state index < -0.39 is 21.3 Å². The van der Waals surface area contributed by atoms with Crippen molar-refractivity contribution in [2.24, 2.45) is 5.41 Å². The molecule has 6 nitrogen and oxygen atoms in total. The Morgan fingerprint density at radius 1 is 0.674 bits per heavy atom. The molecule has 0 saturated carbocycles. The van der Waals surface area contributed by atoms with Crippen molar-refractivity contribution < 1.29 is 18.0 Å². The predicted molar refractivity (Wildman–Crippen MR) is 183 cm³/mol. The number of benzene rings is 5. The van der Waals surface area contributed by atoms with Crippen LogP contribution in [0.4, 0.5) is 5.69 Å². The van der Waals surface area contributed by atoms with Crippen LogP contribution in [-0.2, 0) is 27.8 Å². The average molecular weight is 627 g/mol. The molecule has 1 aliphatic rings. The number of anilines is 1. The van der Waals surface area contributed by atoms with Crippen molar-refractivity contribution in [3.8, 4) is 11.1 Å². The molecule has 6 rings (SSSR count). The fourth-order valence-electron chi connectivity index (χ4n) is 5.72. The van der Waals surface area contributed by atoms with Gasteiger partial charge in [-0.05, 0) is 52.4 Å². The van der Waals surface area contributed by atoms with Gasteiger partial charge in [0.05, 0.1) is 17.1 Å². The average Bonchev–Trinajstić information content (AvgIpc) is 3.06. The van der Waals surface area contributed by atoms with Gasteiger partial charge in [-0.2, -0.15) is 0 Å². The first-order valence-corrected chi connectivity index (χ1v) is 16.6. The van der Waals surface area contributed by atoms with E-state index in [9.17, 15) is 18.0 Å². The van der Waals surface area contributed by atoms with Gasteiger partial charge in [0, 0.05) is 16.5 Å². The summed E-state index contributed by atoms with van der Waals surface area (Å²) in [4.78, 5) is 28.9. The lowest BCUT2D eigenvalue weighted by Crippen LogP contribution is -2.41. The molecule has 0 unspecified atom stereocenters. The maximum Gasteiger partial charge on any atom is 0.264 e. The van der Waals surface area contributed by atoms with Crippen molar-refractivity contribution in [1.82, 2.24) is 4.72 Å². The van der Waals surface area contributed by atoms with Gasteiger partial charge in [-0.1, -0.05) is 135 Å². The Morgan fingerprint density at radius 2 is 1.26 bits per heavy atom. The number of nitrogens with one attached hydrogen (secondary N) is 1. The van der Waals surface area contributed by atoms with Crippen molar-refractivity contribution in [1.29, 1.82) is 0 Å². The largest absolute Gasteiger partial charge is 0.303 e. The fraction of sp³-hybridized carbons (Fsp3) is 0.128. The predicted octanol–water partition coefficient (Wildman–Crippen LogP) is 7.76. The summed E-state index contributed by atoms with van der Waals surface area (Å²) in [6.07, 6.45) is 4.39. The Balaban J connectivity index is 1.26. The number of para-hydroxylation sites is 1. The zero-order valence-electron chi connectivity index (χ0n) is 25.7. The molecule has 0 spiro atoms. The van der Waals surface area contributed by atoms with Gasteiger partial charge in [0.15, 0.2) is 0 Å².